The molecular weight excluding hydrogens is 388 g/mol. The van der Waals surface area contributed by atoms with Crippen LogP contribution in [0.1, 0.15) is 78.1 Å². The van der Waals surface area contributed by atoms with E-state index in [1.165, 1.54) is 0 Å². The van der Waals surface area contributed by atoms with Crippen LogP contribution in [0.2, 0.25) is 0 Å². The summed E-state index contributed by atoms with van der Waals surface area (Å²) in [6.45, 7) is 5.82. The van der Waals surface area contributed by atoms with Crippen LogP contribution in [0.5, 0.6) is 0 Å². The Bertz CT molecular complexity index is 681. The first-order chi connectivity index (χ1) is 13.4. The number of nitrogens with zero attached hydrogens (tertiary/aromatic N) is 1. The lowest BCUT2D eigenvalue weighted by Crippen LogP contribution is -2.56. The molecule has 0 amide bonds. The summed E-state index contributed by atoms with van der Waals surface area (Å²) >= 11 is 0. The highest BCUT2D eigenvalue weighted by Gasteiger charge is 2.62. The molecule has 0 radical (unpaired) electrons. The summed E-state index contributed by atoms with van der Waals surface area (Å²) in [6, 6.07) is 0. The Morgan fingerprint density at radius 2 is 1.86 bits per heavy atom. The molecule has 4 aliphatic rings. The molecule has 0 spiro atoms. The normalized spacial score (nSPS) is 42.7. The number of fused-ring (bicyclic) bond motifs is 5. The van der Waals surface area contributed by atoms with Gasteiger partial charge in [0.15, 0.2) is 0 Å². The summed E-state index contributed by atoms with van der Waals surface area (Å²) in [7, 11) is 0. The van der Waals surface area contributed by atoms with Gasteiger partial charge in [-0.3, -0.25) is 9.59 Å². The highest BCUT2D eigenvalue weighted by atomic mass is 35.5. The van der Waals surface area contributed by atoms with Gasteiger partial charge in [-0.15, -0.1) is 12.4 Å². The van der Waals surface area contributed by atoms with E-state index in [1.54, 1.807) is 0 Å². The fraction of sp³-hybridized carbons (Fsp3) is 0.870. The molecule has 0 bridgehead atoms. The number of halogens is 1. The van der Waals surface area contributed by atoms with Gasteiger partial charge < -0.3 is 10.6 Å². The molecule has 0 aromatic carbocycles. The van der Waals surface area contributed by atoms with Gasteiger partial charge in [-0.25, -0.2) is 0 Å². The van der Waals surface area contributed by atoms with Gasteiger partial charge in [0.25, 0.3) is 0 Å². The number of hydrogen-bond acceptors (Lipinski definition) is 5. The first kappa shape index (κ1) is 22.7. The molecule has 4 fully saturated rings. The second-order valence-corrected chi connectivity index (χ2v) is 10.2. The van der Waals surface area contributed by atoms with Crippen molar-refractivity contribution >= 4 is 29.7 Å². The maximum Gasteiger partial charge on any atom is 0.139 e. The lowest BCUT2D eigenvalue weighted by molar-refractivity contribution is -0.152. The summed E-state index contributed by atoms with van der Waals surface area (Å²) < 4.78 is 0. The first-order valence-corrected chi connectivity index (χ1v) is 11.3. The Hall–Kier alpha value is -0.940. The number of carbonyl (C=O) groups excluding carboxylic acids is 2. The summed E-state index contributed by atoms with van der Waals surface area (Å²) in [6.07, 6.45) is 9.09. The predicted molar refractivity (Wildman–Crippen MR) is 116 cm³/mol. The van der Waals surface area contributed by atoms with Crippen LogP contribution < -0.4 is 5.73 Å². The van der Waals surface area contributed by atoms with Crippen LogP contribution in [0.4, 0.5) is 0 Å². The Kier molecular flexibility index (Phi) is 6.79. The Balaban J connectivity index is 0.00000240. The van der Waals surface area contributed by atoms with Crippen LogP contribution in [0.15, 0.2) is 5.16 Å². The van der Waals surface area contributed by atoms with Gasteiger partial charge in [0.05, 0.1) is 5.71 Å². The second kappa shape index (κ2) is 8.66. The van der Waals surface area contributed by atoms with Gasteiger partial charge >= 0.3 is 0 Å². The zero-order valence-electron chi connectivity index (χ0n) is 18.0. The van der Waals surface area contributed by atoms with E-state index in [4.69, 9.17) is 10.6 Å². The van der Waals surface area contributed by atoms with Crippen LogP contribution in [0.3, 0.4) is 0 Å². The summed E-state index contributed by atoms with van der Waals surface area (Å²) in [4.78, 5) is 31.3. The van der Waals surface area contributed by atoms with E-state index in [2.05, 4.69) is 19.0 Å². The fourth-order valence-corrected chi connectivity index (χ4v) is 7.15. The first-order valence-electron chi connectivity index (χ1n) is 11.3. The van der Waals surface area contributed by atoms with Crippen LogP contribution in [-0.2, 0) is 14.4 Å². The van der Waals surface area contributed by atoms with Crippen molar-refractivity contribution in [1.82, 2.24) is 0 Å². The van der Waals surface area contributed by atoms with Crippen molar-refractivity contribution in [1.29, 1.82) is 0 Å². The summed E-state index contributed by atoms with van der Waals surface area (Å²) in [5.41, 5.74) is 6.46. The number of oxime groups is 1. The summed E-state index contributed by atoms with van der Waals surface area (Å²) in [5.74, 6) is 2.33. The minimum atomic E-state index is -0.163. The van der Waals surface area contributed by atoms with Gasteiger partial charge in [-0.2, -0.15) is 0 Å². The van der Waals surface area contributed by atoms with Gasteiger partial charge in [0, 0.05) is 24.2 Å². The molecule has 5 nitrogen and oxygen atoms in total. The van der Waals surface area contributed by atoms with Crippen molar-refractivity contribution < 1.29 is 14.4 Å². The Labute approximate surface area is 181 Å². The molecule has 164 valence electrons. The number of nitrogens with two attached hydrogens (primary N) is 1. The smallest absolute Gasteiger partial charge is 0.139 e. The molecule has 0 unspecified atom stereocenters. The second-order valence-electron chi connectivity index (χ2n) is 10.2. The Morgan fingerprint density at radius 1 is 1.07 bits per heavy atom. The molecule has 0 aliphatic heterocycles. The fourth-order valence-electron chi connectivity index (χ4n) is 7.15. The van der Waals surface area contributed by atoms with E-state index in [1.807, 2.05) is 0 Å². The van der Waals surface area contributed by atoms with E-state index in [9.17, 15) is 9.59 Å². The lowest BCUT2D eigenvalue weighted by Gasteiger charge is -2.58. The zero-order valence-corrected chi connectivity index (χ0v) is 18.8. The quantitative estimate of drug-likeness (QED) is 0.526. The SMILES string of the molecule is C[C@]12CC/C(=N\OCCCCN)C[C@@H]1C(=O)C[C@@H]1[C@@H]2CC[C@]2(C)C(=O)CC[C@@H]12.Cl. The summed E-state index contributed by atoms with van der Waals surface area (Å²) in [5, 5.41) is 4.37. The van der Waals surface area contributed by atoms with Crippen LogP contribution in [-0.4, -0.2) is 30.4 Å². The minimum Gasteiger partial charge on any atom is -0.396 e. The average Bonchev–Trinajstić information content (AvgIpc) is 2.98. The van der Waals surface area contributed by atoms with E-state index >= 15 is 0 Å². The molecule has 0 heterocycles. The predicted octanol–water partition coefficient (Wildman–Crippen LogP) is 4.31. The number of Topliss-reactive ketones (excluding diaryl/α,β-unsaturated/α-hetero) is 2. The number of rotatable bonds is 5. The van der Waals surface area contributed by atoms with E-state index < -0.39 is 0 Å². The maximum atomic E-state index is 13.2. The number of unbranched alkanes of at least 4 members (excludes halogenated alkanes) is 1. The standard InChI is InChI=1S/C23H36N2O3.ClH/c1-22-9-7-15(25-28-12-4-3-11-24)13-19(22)20(26)14-16-17-5-6-21(27)23(17,2)10-8-18(16)22;/h16-19H,3-14,24H2,1-2H3;1H/b25-15+;/t16-,17-,18-,19+,22+,23-;/m0./s1. The molecule has 6 atom stereocenters. The number of carbonyl (C=O) groups is 2. The van der Waals surface area contributed by atoms with Crippen molar-refractivity contribution in [3.8, 4) is 0 Å². The topological polar surface area (TPSA) is 81.8 Å². The molecule has 6 heteroatoms. The molecule has 0 saturated heterocycles. The van der Waals surface area contributed by atoms with Crippen LogP contribution >= 0.6 is 12.4 Å². The number of hydrogen-bond donors (Lipinski definition) is 1. The van der Waals surface area contributed by atoms with Crippen LogP contribution in [0, 0.1) is 34.5 Å². The lowest BCUT2D eigenvalue weighted by atomic mass is 9.45. The van der Waals surface area contributed by atoms with Crippen molar-refractivity contribution in [2.75, 3.05) is 13.2 Å². The van der Waals surface area contributed by atoms with Crippen molar-refractivity contribution in [3.63, 3.8) is 0 Å². The van der Waals surface area contributed by atoms with Crippen molar-refractivity contribution in [3.05, 3.63) is 0 Å². The Morgan fingerprint density at radius 3 is 2.62 bits per heavy atom. The van der Waals surface area contributed by atoms with Crippen molar-refractivity contribution in [2.24, 2.45) is 45.4 Å². The molecule has 29 heavy (non-hydrogen) atoms. The molecule has 2 N–H and O–H groups in total. The molecule has 0 aromatic heterocycles. The van der Waals surface area contributed by atoms with Crippen molar-refractivity contribution in [2.45, 2.75) is 78.1 Å². The van der Waals surface area contributed by atoms with E-state index in [0.29, 0.717) is 48.9 Å². The van der Waals surface area contributed by atoms with Crippen LogP contribution in [0.25, 0.3) is 0 Å². The maximum absolute atomic E-state index is 13.2. The molecule has 0 aromatic rings. The van der Waals surface area contributed by atoms with E-state index in [-0.39, 0.29) is 29.2 Å². The molecule has 4 aliphatic carbocycles. The number of ketones is 2. The van der Waals surface area contributed by atoms with Gasteiger partial charge in [0.2, 0.25) is 0 Å². The molecule has 4 rings (SSSR count). The third-order valence-electron chi connectivity index (χ3n) is 8.89. The minimum absolute atomic E-state index is 0. The monoisotopic (exact) mass is 424 g/mol. The van der Waals surface area contributed by atoms with E-state index in [0.717, 1.165) is 63.5 Å². The highest BCUT2D eigenvalue weighted by molar-refractivity contribution is 5.93. The highest BCUT2D eigenvalue weighted by Crippen LogP contribution is 2.64. The van der Waals surface area contributed by atoms with Gasteiger partial charge in [-0.05, 0) is 81.1 Å². The molecule has 4 saturated carbocycles. The van der Waals surface area contributed by atoms with Gasteiger partial charge in [0.1, 0.15) is 18.2 Å². The van der Waals surface area contributed by atoms with Gasteiger partial charge in [-0.1, -0.05) is 19.0 Å². The third kappa shape index (κ3) is 3.78. The zero-order chi connectivity index (χ0) is 19.9. The largest absolute Gasteiger partial charge is 0.396 e. The molecular formula is C23H37ClN2O3. The third-order valence-corrected chi connectivity index (χ3v) is 8.89. The average molecular weight is 425 g/mol.